The Morgan fingerprint density at radius 3 is 2.69 bits per heavy atom. The lowest BCUT2D eigenvalue weighted by Gasteiger charge is -2.09. The summed E-state index contributed by atoms with van der Waals surface area (Å²) < 4.78 is 4.91. The Morgan fingerprint density at radius 1 is 1.62 bits per heavy atom. The molecule has 13 heavy (non-hydrogen) atoms. The zero-order chi connectivity index (χ0) is 10.0. The van der Waals surface area contributed by atoms with Gasteiger partial charge < -0.3 is 9.84 Å². The third kappa shape index (κ3) is 1.53. The average Bonchev–Trinajstić information content (AvgIpc) is 2.12. The Bertz CT molecular complexity index is 382. The third-order valence-electron chi connectivity index (χ3n) is 1.76. The quantitative estimate of drug-likeness (QED) is 0.751. The molecule has 0 heterocycles. The van der Waals surface area contributed by atoms with Gasteiger partial charge in [0.1, 0.15) is 6.07 Å². The molecule has 1 aromatic carbocycles. The monoisotopic (exact) mass is 197 g/mol. The fourth-order valence-corrected chi connectivity index (χ4v) is 1.24. The van der Waals surface area contributed by atoms with Gasteiger partial charge in [0.15, 0.2) is 11.5 Å². The van der Waals surface area contributed by atoms with E-state index in [1.165, 1.54) is 13.2 Å². The number of hydrogen-bond donors (Lipinski definition) is 1. The molecule has 0 atom stereocenters. The molecule has 1 N–H and O–H groups in total. The Kier molecular flexibility index (Phi) is 2.64. The second-order valence-corrected chi connectivity index (χ2v) is 2.93. The van der Waals surface area contributed by atoms with Crippen LogP contribution in [0.1, 0.15) is 11.1 Å². The first kappa shape index (κ1) is 9.69. The highest BCUT2D eigenvalue weighted by molar-refractivity contribution is 6.31. The van der Waals surface area contributed by atoms with Crippen molar-refractivity contribution in [3.63, 3.8) is 0 Å². The second kappa shape index (κ2) is 3.55. The van der Waals surface area contributed by atoms with E-state index in [2.05, 4.69) is 0 Å². The van der Waals surface area contributed by atoms with Crippen LogP contribution in [-0.2, 0) is 0 Å². The van der Waals surface area contributed by atoms with Crippen molar-refractivity contribution in [1.82, 2.24) is 0 Å². The second-order valence-electron chi connectivity index (χ2n) is 2.52. The van der Waals surface area contributed by atoms with Crippen LogP contribution in [-0.4, -0.2) is 12.2 Å². The van der Waals surface area contributed by atoms with E-state index in [4.69, 9.17) is 21.6 Å². The first-order valence-corrected chi connectivity index (χ1v) is 3.95. The number of aromatic hydroxyl groups is 1. The van der Waals surface area contributed by atoms with Crippen LogP contribution in [0.3, 0.4) is 0 Å². The normalized spacial score (nSPS) is 9.38. The maximum Gasteiger partial charge on any atom is 0.176 e. The molecule has 0 unspecified atom stereocenters. The minimum absolute atomic E-state index is 0.118. The van der Waals surface area contributed by atoms with E-state index in [9.17, 15) is 5.11 Å². The molecule has 0 aliphatic rings. The van der Waals surface area contributed by atoms with Gasteiger partial charge in [0.25, 0.3) is 0 Å². The molecule has 1 rings (SSSR count). The van der Waals surface area contributed by atoms with Crippen LogP contribution in [0.2, 0.25) is 5.02 Å². The zero-order valence-electron chi connectivity index (χ0n) is 7.26. The molecule has 0 saturated carbocycles. The fraction of sp³-hybridized carbons (Fsp3) is 0.222. The molecule has 0 aromatic heterocycles. The van der Waals surface area contributed by atoms with E-state index in [1.807, 2.05) is 6.07 Å². The van der Waals surface area contributed by atoms with Crippen molar-refractivity contribution in [3.8, 4) is 17.6 Å². The van der Waals surface area contributed by atoms with Crippen LogP contribution in [0, 0.1) is 18.3 Å². The van der Waals surface area contributed by atoms with E-state index < -0.39 is 0 Å². The summed E-state index contributed by atoms with van der Waals surface area (Å²) in [5.41, 5.74) is 0.744. The molecule has 1 aromatic rings. The number of halogens is 1. The van der Waals surface area contributed by atoms with Crippen molar-refractivity contribution in [2.75, 3.05) is 7.11 Å². The van der Waals surface area contributed by atoms with Crippen molar-refractivity contribution in [1.29, 1.82) is 5.26 Å². The topological polar surface area (TPSA) is 53.2 Å². The minimum Gasteiger partial charge on any atom is -0.503 e. The number of phenolic OH excluding ortho intramolecular Hbond substituents is 1. The highest BCUT2D eigenvalue weighted by atomic mass is 35.5. The largest absolute Gasteiger partial charge is 0.503 e. The summed E-state index contributed by atoms with van der Waals surface area (Å²) in [6.07, 6.45) is 0. The van der Waals surface area contributed by atoms with Gasteiger partial charge >= 0.3 is 0 Å². The van der Waals surface area contributed by atoms with Gasteiger partial charge in [0.2, 0.25) is 0 Å². The molecule has 0 saturated heterocycles. The molecule has 0 fully saturated rings. The van der Waals surface area contributed by atoms with E-state index in [-0.39, 0.29) is 17.1 Å². The molecular weight excluding hydrogens is 190 g/mol. The summed E-state index contributed by atoms with van der Waals surface area (Å²) in [6.45, 7) is 1.71. The molecule has 0 bridgehead atoms. The smallest absolute Gasteiger partial charge is 0.176 e. The third-order valence-corrected chi connectivity index (χ3v) is 2.16. The average molecular weight is 198 g/mol. The van der Waals surface area contributed by atoms with Crippen molar-refractivity contribution in [2.45, 2.75) is 6.92 Å². The summed E-state index contributed by atoms with van der Waals surface area (Å²) in [4.78, 5) is 0. The number of rotatable bonds is 1. The molecule has 0 aliphatic carbocycles. The highest BCUT2D eigenvalue weighted by Gasteiger charge is 2.13. The van der Waals surface area contributed by atoms with Crippen LogP contribution in [0.4, 0.5) is 0 Å². The lowest BCUT2D eigenvalue weighted by Crippen LogP contribution is -1.91. The van der Waals surface area contributed by atoms with Gasteiger partial charge in [0, 0.05) is 10.6 Å². The molecule has 3 nitrogen and oxygen atoms in total. The predicted molar refractivity (Wildman–Crippen MR) is 49.1 cm³/mol. The van der Waals surface area contributed by atoms with Gasteiger partial charge in [0.05, 0.1) is 12.7 Å². The molecule has 0 radical (unpaired) electrons. The lowest BCUT2D eigenvalue weighted by molar-refractivity contribution is 0.370. The molecule has 68 valence electrons. The molecule has 0 amide bonds. The number of methoxy groups -OCH3 is 1. The van der Waals surface area contributed by atoms with Gasteiger partial charge in [-0.1, -0.05) is 11.6 Å². The van der Waals surface area contributed by atoms with Crippen LogP contribution < -0.4 is 4.74 Å². The first-order valence-electron chi connectivity index (χ1n) is 3.58. The van der Waals surface area contributed by atoms with Crippen LogP contribution in [0.15, 0.2) is 6.07 Å². The summed E-state index contributed by atoms with van der Waals surface area (Å²) >= 11 is 5.81. The van der Waals surface area contributed by atoms with E-state index in [0.29, 0.717) is 10.6 Å². The maximum absolute atomic E-state index is 9.49. The number of phenols is 1. The Morgan fingerprint density at radius 2 is 2.23 bits per heavy atom. The van der Waals surface area contributed by atoms with Crippen LogP contribution in [0.25, 0.3) is 0 Å². The number of hydrogen-bond acceptors (Lipinski definition) is 3. The standard InChI is InChI=1S/C9H8ClNO2/c1-5-7(10)3-6(4-11)8(12)9(5)13-2/h3,12H,1-2H3. The van der Waals surface area contributed by atoms with Gasteiger partial charge in [-0.2, -0.15) is 5.26 Å². The minimum atomic E-state index is -0.160. The Balaban J connectivity index is 3.50. The SMILES string of the molecule is COc1c(C)c(Cl)cc(C#N)c1O. The first-order chi connectivity index (χ1) is 6.11. The van der Waals surface area contributed by atoms with E-state index >= 15 is 0 Å². The van der Waals surface area contributed by atoms with Crippen molar-refractivity contribution < 1.29 is 9.84 Å². The maximum atomic E-state index is 9.49. The zero-order valence-corrected chi connectivity index (χ0v) is 8.01. The lowest BCUT2D eigenvalue weighted by atomic mass is 10.1. The van der Waals surface area contributed by atoms with Crippen molar-refractivity contribution >= 4 is 11.6 Å². The summed E-state index contributed by atoms with van der Waals surface area (Å²) in [5.74, 6) is 0.0935. The summed E-state index contributed by atoms with van der Waals surface area (Å²) in [7, 11) is 1.42. The number of nitrogens with zero attached hydrogens (tertiary/aromatic N) is 1. The van der Waals surface area contributed by atoms with E-state index in [0.717, 1.165) is 0 Å². The summed E-state index contributed by atoms with van der Waals surface area (Å²) in [5, 5.41) is 18.5. The van der Waals surface area contributed by atoms with Gasteiger partial charge in [-0.25, -0.2) is 0 Å². The predicted octanol–water partition coefficient (Wildman–Crippen LogP) is 2.23. The number of ether oxygens (including phenoxy) is 1. The van der Waals surface area contributed by atoms with Gasteiger partial charge in [-0.3, -0.25) is 0 Å². The number of nitriles is 1. The number of benzene rings is 1. The molecule has 0 aliphatic heterocycles. The van der Waals surface area contributed by atoms with E-state index in [1.54, 1.807) is 6.92 Å². The summed E-state index contributed by atoms with van der Waals surface area (Å²) in [6, 6.07) is 3.24. The fourth-order valence-electron chi connectivity index (χ4n) is 1.05. The van der Waals surface area contributed by atoms with Crippen LogP contribution >= 0.6 is 11.6 Å². The molecular formula is C9H8ClNO2. The van der Waals surface area contributed by atoms with Gasteiger partial charge in [-0.15, -0.1) is 0 Å². The van der Waals surface area contributed by atoms with Crippen LogP contribution in [0.5, 0.6) is 11.5 Å². The molecule has 0 spiro atoms. The Hall–Kier alpha value is -1.40. The van der Waals surface area contributed by atoms with Gasteiger partial charge in [-0.05, 0) is 13.0 Å². The molecule has 4 heteroatoms. The van der Waals surface area contributed by atoms with Crippen molar-refractivity contribution in [3.05, 3.63) is 22.2 Å². The highest BCUT2D eigenvalue weighted by Crippen LogP contribution is 2.37. The van der Waals surface area contributed by atoms with Crippen molar-refractivity contribution in [2.24, 2.45) is 0 Å². The Labute approximate surface area is 81.1 Å².